The third-order valence-electron chi connectivity index (χ3n) is 4.58. The van der Waals surface area contributed by atoms with Crippen molar-refractivity contribution < 1.29 is 0 Å². The summed E-state index contributed by atoms with van der Waals surface area (Å²) in [6.07, 6.45) is 5.27. The van der Waals surface area contributed by atoms with Crippen molar-refractivity contribution in [2.24, 2.45) is 0 Å². The van der Waals surface area contributed by atoms with Crippen molar-refractivity contribution in [2.75, 3.05) is 19.6 Å². The lowest BCUT2D eigenvalue weighted by atomic mass is 9.73. The number of nitrogens with zero attached hydrogens (tertiary/aromatic N) is 1. The number of piperidine rings is 1. The summed E-state index contributed by atoms with van der Waals surface area (Å²) in [7, 11) is 0. The summed E-state index contributed by atoms with van der Waals surface area (Å²) in [5.74, 6) is 0. The molecule has 1 fully saturated rings. The Hall–Kier alpha value is -0.820. The van der Waals surface area contributed by atoms with Gasteiger partial charge in [0, 0.05) is 0 Å². The van der Waals surface area contributed by atoms with E-state index in [1.807, 2.05) is 0 Å². The first-order valence-electron chi connectivity index (χ1n) is 7.44. The molecule has 1 aromatic carbocycles. The number of unbranched alkanes of at least 4 members (excludes halogenated alkanes) is 1. The maximum atomic E-state index is 2.64. The van der Waals surface area contributed by atoms with E-state index in [9.17, 15) is 0 Å². The van der Waals surface area contributed by atoms with Gasteiger partial charge in [0.1, 0.15) is 0 Å². The first-order chi connectivity index (χ1) is 8.65. The summed E-state index contributed by atoms with van der Waals surface area (Å²) in [5.41, 5.74) is 3.43. The molecule has 0 spiro atoms. The number of aryl methyl sites for hydroxylation is 1. The quantitative estimate of drug-likeness (QED) is 0.770. The fourth-order valence-corrected chi connectivity index (χ4v) is 3.17. The number of rotatable bonds is 4. The van der Waals surface area contributed by atoms with E-state index in [-0.39, 0.29) is 0 Å². The monoisotopic (exact) mass is 245 g/mol. The van der Waals surface area contributed by atoms with Gasteiger partial charge in [0.2, 0.25) is 0 Å². The van der Waals surface area contributed by atoms with Crippen molar-refractivity contribution in [1.82, 2.24) is 4.90 Å². The summed E-state index contributed by atoms with van der Waals surface area (Å²) >= 11 is 0. The van der Waals surface area contributed by atoms with Crippen LogP contribution in [0.5, 0.6) is 0 Å². The van der Waals surface area contributed by atoms with Crippen LogP contribution in [0.2, 0.25) is 0 Å². The van der Waals surface area contributed by atoms with Gasteiger partial charge >= 0.3 is 0 Å². The molecule has 1 aromatic rings. The van der Waals surface area contributed by atoms with Gasteiger partial charge in [0.25, 0.3) is 0 Å². The SMILES string of the molecule is CCCCN1CCC(C)(c2ccccc2C)CC1. The second-order valence-electron chi connectivity index (χ2n) is 6.07. The Morgan fingerprint density at radius 2 is 1.83 bits per heavy atom. The minimum atomic E-state index is 0.397. The van der Waals surface area contributed by atoms with Crippen molar-refractivity contribution in [2.45, 2.75) is 51.9 Å². The highest BCUT2D eigenvalue weighted by atomic mass is 15.1. The zero-order chi connectivity index (χ0) is 13.0. The minimum Gasteiger partial charge on any atom is -0.303 e. The number of hydrogen-bond donors (Lipinski definition) is 0. The topological polar surface area (TPSA) is 3.24 Å². The molecule has 1 heterocycles. The third-order valence-corrected chi connectivity index (χ3v) is 4.58. The smallest absolute Gasteiger partial charge is 0.00103 e. The highest BCUT2D eigenvalue weighted by Gasteiger charge is 2.32. The van der Waals surface area contributed by atoms with Gasteiger partial charge in [-0.1, -0.05) is 44.5 Å². The molecular formula is C17H27N. The molecule has 0 unspecified atom stereocenters. The van der Waals surface area contributed by atoms with Crippen LogP contribution in [-0.2, 0) is 5.41 Å². The van der Waals surface area contributed by atoms with Gasteiger partial charge in [-0.2, -0.15) is 0 Å². The van der Waals surface area contributed by atoms with E-state index in [1.54, 1.807) is 5.56 Å². The van der Waals surface area contributed by atoms with E-state index in [0.717, 1.165) is 0 Å². The highest BCUT2D eigenvalue weighted by molar-refractivity contribution is 5.33. The van der Waals surface area contributed by atoms with Crippen LogP contribution in [0.15, 0.2) is 24.3 Å². The zero-order valence-corrected chi connectivity index (χ0v) is 12.2. The summed E-state index contributed by atoms with van der Waals surface area (Å²) < 4.78 is 0. The van der Waals surface area contributed by atoms with Crippen molar-refractivity contribution in [3.05, 3.63) is 35.4 Å². The zero-order valence-electron chi connectivity index (χ0n) is 12.2. The Balaban J connectivity index is 2.01. The van der Waals surface area contributed by atoms with E-state index in [0.29, 0.717) is 5.41 Å². The van der Waals surface area contributed by atoms with Crippen molar-refractivity contribution >= 4 is 0 Å². The number of likely N-dealkylation sites (tertiary alicyclic amines) is 1. The van der Waals surface area contributed by atoms with E-state index in [1.165, 1.54) is 50.9 Å². The minimum absolute atomic E-state index is 0.397. The second-order valence-corrected chi connectivity index (χ2v) is 6.07. The molecule has 0 bridgehead atoms. The highest BCUT2D eigenvalue weighted by Crippen LogP contribution is 2.36. The van der Waals surface area contributed by atoms with Gasteiger partial charge in [0.15, 0.2) is 0 Å². The van der Waals surface area contributed by atoms with Crippen LogP contribution < -0.4 is 0 Å². The first kappa shape index (κ1) is 13.6. The van der Waals surface area contributed by atoms with Gasteiger partial charge < -0.3 is 4.90 Å². The average molecular weight is 245 g/mol. The molecule has 1 saturated heterocycles. The summed E-state index contributed by atoms with van der Waals surface area (Å²) in [5, 5.41) is 0. The molecular weight excluding hydrogens is 218 g/mol. The molecule has 100 valence electrons. The molecule has 1 aliphatic heterocycles. The van der Waals surface area contributed by atoms with E-state index < -0.39 is 0 Å². The van der Waals surface area contributed by atoms with Crippen LogP contribution in [0.25, 0.3) is 0 Å². The van der Waals surface area contributed by atoms with Crippen LogP contribution >= 0.6 is 0 Å². The largest absolute Gasteiger partial charge is 0.303 e. The second kappa shape index (κ2) is 5.88. The molecule has 1 heteroatoms. The molecule has 0 saturated carbocycles. The lowest BCUT2D eigenvalue weighted by molar-refractivity contribution is 0.166. The van der Waals surface area contributed by atoms with E-state index in [4.69, 9.17) is 0 Å². The predicted molar refractivity (Wildman–Crippen MR) is 79.1 cm³/mol. The van der Waals surface area contributed by atoms with Gasteiger partial charge in [-0.25, -0.2) is 0 Å². The summed E-state index contributed by atoms with van der Waals surface area (Å²) in [6, 6.07) is 8.93. The van der Waals surface area contributed by atoms with Crippen LogP contribution in [-0.4, -0.2) is 24.5 Å². The van der Waals surface area contributed by atoms with Crippen LogP contribution in [0.3, 0.4) is 0 Å². The van der Waals surface area contributed by atoms with Crippen LogP contribution in [0.1, 0.15) is 50.7 Å². The first-order valence-corrected chi connectivity index (χ1v) is 7.44. The van der Waals surface area contributed by atoms with Gasteiger partial charge in [-0.15, -0.1) is 0 Å². The average Bonchev–Trinajstić information content (AvgIpc) is 2.39. The van der Waals surface area contributed by atoms with Crippen LogP contribution in [0, 0.1) is 6.92 Å². The molecule has 1 aliphatic rings. The van der Waals surface area contributed by atoms with Crippen molar-refractivity contribution in [3.8, 4) is 0 Å². The predicted octanol–water partition coefficient (Wildman–Crippen LogP) is 4.15. The normalized spacial score (nSPS) is 19.9. The fraction of sp³-hybridized carbons (Fsp3) is 0.647. The maximum absolute atomic E-state index is 2.64. The van der Waals surface area contributed by atoms with Crippen molar-refractivity contribution in [1.29, 1.82) is 0 Å². The molecule has 0 radical (unpaired) electrons. The standard InChI is InChI=1S/C17H27N/c1-4-5-12-18-13-10-17(3,11-14-18)16-9-7-6-8-15(16)2/h6-9H,4-5,10-14H2,1-3H3. The maximum Gasteiger partial charge on any atom is -0.00103 e. The van der Waals surface area contributed by atoms with Crippen LogP contribution in [0.4, 0.5) is 0 Å². The molecule has 18 heavy (non-hydrogen) atoms. The number of benzene rings is 1. The molecule has 0 amide bonds. The van der Waals surface area contributed by atoms with Gasteiger partial charge in [-0.05, 0) is 62.4 Å². The molecule has 0 N–H and O–H groups in total. The Bertz CT molecular complexity index is 375. The van der Waals surface area contributed by atoms with Crippen molar-refractivity contribution in [3.63, 3.8) is 0 Å². The molecule has 0 aliphatic carbocycles. The molecule has 0 aromatic heterocycles. The van der Waals surface area contributed by atoms with E-state index in [2.05, 4.69) is 49.9 Å². The summed E-state index contributed by atoms with van der Waals surface area (Å²) in [6.45, 7) is 10.8. The van der Waals surface area contributed by atoms with E-state index >= 15 is 0 Å². The van der Waals surface area contributed by atoms with Gasteiger partial charge in [-0.3, -0.25) is 0 Å². The Morgan fingerprint density at radius 3 is 2.44 bits per heavy atom. The Kier molecular flexibility index (Phi) is 4.45. The molecule has 1 nitrogen and oxygen atoms in total. The lowest BCUT2D eigenvalue weighted by Crippen LogP contribution is -2.41. The van der Waals surface area contributed by atoms with Gasteiger partial charge in [0.05, 0.1) is 0 Å². The molecule has 0 atom stereocenters. The Morgan fingerprint density at radius 1 is 1.17 bits per heavy atom. The lowest BCUT2D eigenvalue weighted by Gasteiger charge is -2.40. The number of hydrogen-bond acceptors (Lipinski definition) is 1. The Labute approximate surface area is 112 Å². The molecule has 2 rings (SSSR count). The fourth-order valence-electron chi connectivity index (χ4n) is 3.17. The third kappa shape index (κ3) is 2.95. The summed E-state index contributed by atoms with van der Waals surface area (Å²) in [4.78, 5) is 2.64.